The van der Waals surface area contributed by atoms with Crippen molar-refractivity contribution in [1.82, 2.24) is 0 Å². The van der Waals surface area contributed by atoms with E-state index in [4.69, 9.17) is 14.2 Å². The van der Waals surface area contributed by atoms with Gasteiger partial charge in [0, 0.05) is 15.6 Å². The lowest BCUT2D eigenvalue weighted by molar-refractivity contribution is -0.132. The molecule has 1 heterocycles. The number of methoxy groups -OCH3 is 2. The smallest absolute Gasteiger partial charge is 0.348 e. The Bertz CT molecular complexity index is 1360. The number of Topliss-reactive ketones (excluding diaryl/α,β-unsaturated/α-hetero) is 1. The van der Waals surface area contributed by atoms with Gasteiger partial charge in [0.25, 0.3) is 0 Å². The molecule has 0 saturated carbocycles. The lowest BCUT2D eigenvalue weighted by Gasteiger charge is -2.10. The highest BCUT2D eigenvalue weighted by Gasteiger charge is 2.36. The average Bonchev–Trinajstić information content (AvgIpc) is 3.14. The topological polar surface area (TPSA) is 61.8 Å². The van der Waals surface area contributed by atoms with Gasteiger partial charge in [0.2, 0.25) is 5.78 Å². The fourth-order valence-corrected chi connectivity index (χ4v) is 4.88. The van der Waals surface area contributed by atoms with E-state index < -0.39 is 11.8 Å². The number of hydrogen-bond acceptors (Lipinski definition) is 5. The minimum absolute atomic E-state index is 0.0294. The molecule has 0 N–H and O–H groups in total. The van der Waals surface area contributed by atoms with Crippen molar-refractivity contribution in [1.29, 1.82) is 0 Å². The van der Waals surface area contributed by atoms with E-state index in [2.05, 4.69) is 47.8 Å². The molecular formula is C26H17Br3O5. The number of cyclic esters (lactones) is 1. The molecule has 5 nitrogen and oxygen atoms in total. The summed E-state index contributed by atoms with van der Waals surface area (Å²) >= 11 is 10.3. The number of rotatable bonds is 6. The van der Waals surface area contributed by atoms with E-state index in [9.17, 15) is 9.59 Å². The van der Waals surface area contributed by atoms with Crippen molar-refractivity contribution in [2.24, 2.45) is 0 Å². The second-order valence-corrected chi connectivity index (χ2v) is 9.85. The standard InChI is InChI=1S/C26H17Br3O5/c1-32-20-9-3-14(11-18(20)28)12-22-23(16-6-10-21(33-2)19(29)13-16)24(26(31)34-22)25(30)15-4-7-17(27)8-5-15/h3-13H,1-2H3/b22-12-. The SMILES string of the molecule is COc1ccc(/C=C2\OC(=O)C(C(=O)c3ccc(Br)cc3)=C2c2ccc(OC)c(Br)c2)cc1Br. The number of ether oxygens (including phenoxy) is 3. The maximum Gasteiger partial charge on any atom is 0.348 e. The summed E-state index contributed by atoms with van der Waals surface area (Å²) < 4.78 is 18.5. The van der Waals surface area contributed by atoms with E-state index in [-0.39, 0.29) is 11.3 Å². The Morgan fingerprint density at radius 1 is 0.853 bits per heavy atom. The Balaban J connectivity index is 1.90. The second-order valence-electron chi connectivity index (χ2n) is 7.23. The van der Waals surface area contributed by atoms with Crippen LogP contribution in [0.4, 0.5) is 0 Å². The Labute approximate surface area is 221 Å². The molecule has 3 aromatic carbocycles. The van der Waals surface area contributed by atoms with E-state index in [0.717, 1.165) is 14.5 Å². The van der Waals surface area contributed by atoms with E-state index >= 15 is 0 Å². The van der Waals surface area contributed by atoms with Gasteiger partial charge in [-0.05, 0) is 97.6 Å². The molecule has 0 bridgehead atoms. The summed E-state index contributed by atoms with van der Waals surface area (Å²) in [6.07, 6.45) is 1.72. The number of esters is 1. The molecule has 1 aliphatic heterocycles. The summed E-state index contributed by atoms with van der Waals surface area (Å²) in [6, 6.07) is 17.7. The fraction of sp³-hybridized carbons (Fsp3) is 0.0769. The summed E-state index contributed by atoms with van der Waals surface area (Å²) in [5.41, 5.74) is 2.16. The molecule has 0 amide bonds. The predicted octanol–water partition coefficient (Wildman–Crippen LogP) is 7.23. The number of carbonyl (C=O) groups is 2. The number of ketones is 1. The normalized spacial score (nSPS) is 14.4. The van der Waals surface area contributed by atoms with E-state index in [1.807, 2.05) is 12.1 Å². The van der Waals surface area contributed by atoms with E-state index in [0.29, 0.717) is 32.7 Å². The molecular weight excluding hydrogens is 632 g/mol. The van der Waals surface area contributed by atoms with Crippen molar-refractivity contribution in [2.75, 3.05) is 14.2 Å². The van der Waals surface area contributed by atoms with Gasteiger partial charge in [0.05, 0.1) is 23.2 Å². The van der Waals surface area contributed by atoms with E-state index in [1.54, 1.807) is 68.8 Å². The van der Waals surface area contributed by atoms with Crippen molar-refractivity contribution < 1.29 is 23.8 Å². The molecule has 172 valence electrons. The molecule has 0 saturated heterocycles. The van der Waals surface area contributed by atoms with Crippen LogP contribution in [0, 0.1) is 0 Å². The molecule has 8 heteroatoms. The third-order valence-corrected chi connectivity index (χ3v) is 6.92. The van der Waals surface area contributed by atoms with Crippen LogP contribution in [-0.4, -0.2) is 26.0 Å². The van der Waals surface area contributed by atoms with Gasteiger partial charge in [-0.15, -0.1) is 0 Å². The largest absolute Gasteiger partial charge is 0.496 e. The Morgan fingerprint density at radius 3 is 2.06 bits per heavy atom. The summed E-state index contributed by atoms with van der Waals surface area (Å²) in [7, 11) is 3.15. The molecule has 1 aliphatic rings. The Morgan fingerprint density at radius 2 is 1.47 bits per heavy atom. The van der Waals surface area contributed by atoms with Gasteiger partial charge in [0.15, 0.2) is 0 Å². The zero-order valence-corrected chi connectivity index (χ0v) is 22.8. The number of allylic oxidation sites excluding steroid dienone is 1. The third-order valence-electron chi connectivity index (χ3n) is 5.15. The monoisotopic (exact) mass is 646 g/mol. The maximum atomic E-state index is 13.4. The fourth-order valence-electron chi connectivity index (χ4n) is 3.51. The van der Waals surface area contributed by atoms with Crippen molar-refractivity contribution in [3.63, 3.8) is 0 Å². The van der Waals surface area contributed by atoms with Gasteiger partial charge in [-0.1, -0.05) is 28.1 Å². The first kappa shape index (κ1) is 24.4. The minimum atomic E-state index is -0.700. The van der Waals surface area contributed by atoms with Crippen LogP contribution < -0.4 is 9.47 Å². The molecule has 0 aromatic heterocycles. The maximum absolute atomic E-state index is 13.4. The number of halogens is 3. The Hall–Kier alpha value is -2.68. The van der Waals surface area contributed by atoms with Gasteiger partial charge in [-0.2, -0.15) is 0 Å². The average molecular weight is 649 g/mol. The summed E-state index contributed by atoms with van der Waals surface area (Å²) in [6.45, 7) is 0. The van der Waals surface area contributed by atoms with Crippen LogP contribution in [0.3, 0.4) is 0 Å². The van der Waals surface area contributed by atoms with Crippen LogP contribution in [0.25, 0.3) is 11.6 Å². The van der Waals surface area contributed by atoms with Crippen molar-refractivity contribution in [3.8, 4) is 11.5 Å². The summed E-state index contributed by atoms with van der Waals surface area (Å²) in [4.78, 5) is 26.4. The van der Waals surface area contributed by atoms with Gasteiger partial charge in [-0.25, -0.2) is 4.79 Å². The van der Waals surface area contributed by atoms with Crippen LogP contribution in [0.5, 0.6) is 11.5 Å². The van der Waals surface area contributed by atoms with Gasteiger partial charge >= 0.3 is 5.97 Å². The minimum Gasteiger partial charge on any atom is -0.496 e. The van der Waals surface area contributed by atoms with Crippen molar-refractivity contribution >= 4 is 71.2 Å². The highest BCUT2D eigenvalue weighted by atomic mass is 79.9. The first-order valence-electron chi connectivity index (χ1n) is 9.98. The van der Waals surface area contributed by atoms with Crippen LogP contribution in [0.15, 0.2) is 85.4 Å². The van der Waals surface area contributed by atoms with Gasteiger partial charge < -0.3 is 14.2 Å². The first-order valence-corrected chi connectivity index (χ1v) is 12.4. The molecule has 0 radical (unpaired) electrons. The molecule has 3 aromatic rings. The van der Waals surface area contributed by atoms with Crippen LogP contribution >= 0.6 is 47.8 Å². The van der Waals surface area contributed by atoms with Crippen LogP contribution in [-0.2, 0) is 9.53 Å². The molecule has 0 unspecified atom stereocenters. The lowest BCUT2D eigenvalue weighted by Crippen LogP contribution is -2.11. The third kappa shape index (κ3) is 4.89. The summed E-state index contributed by atoms with van der Waals surface area (Å²) in [5, 5.41) is 0. The molecule has 34 heavy (non-hydrogen) atoms. The zero-order valence-electron chi connectivity index (χ0n) is 18.0. The second kappa shape index (κ2) is 10.3. The molecule has 0 aliphatic carbocycles. The van der Waals surface area contributed by atoms with Gasteiger partial charge in [-0.3, -0.25) is 4.79 Å². The van der Waals surface area contributed by atoms with Gasteiger partial charge in [0.1, 0.15) is 22.8 Å². The molecule has 0 spiro atoms. The molecule has 0 atom stereocenters. The highest BCUT2D eigenvalue weighted by molar-refractivity contribution is 9.11. The number of hydrogen-bond donors (Lipinski definition) is 0. The molecule has 4 rings (SSSR count). The van der Waals surface area contributed by atoms with Crippen LogP contribution in [0.2, 0.25) is 0 Å². The quantitative estimate of drug-likeness (QED) is 0.160. The van der Waals surface area contributed by atoms with Crippen molar-refractivity contribution in [2.45, 2.75) is 0 Å². The number of carbonyl (C=O) groups excluding carboxylic acids is 2. The summed E-state index contributed by atoms with van der Waals surface area (Å²) in [5.74, 6) is 0.457. The van der Waals surface area contributed by atoms with Crippen molar-refractivity contribution in [3.05, 3.63) is 102 Å². The lowest BCUT2D eigenvalue weighted by atomic mass is 9.93. The highest BCUT2D eigenvalue weighted by Crippen LogP contribution is 2.40. The first-order chi connectivity index (χ1) is 16.3. The zero-order chi connectivity index (χ0) is 24.4. The number of benzene rings is 3. The molecule has 0 fully saturated rings. The predicted molar refractivity (Wildman–Crippen MR) is 141 cm³/mol. The Kier molecular flexibility index (Phi) is 7.40. The van der Waals surface area contributed by atoms with E-state index in [1.165, 1.54) is 0 Å². The van der Waals surface area contributed by atoms with Crippen LogP contribution in [0.1, 0.15) is 21.5 Å².